The van der Waals surface area contributed by atoms with Crippen LogP contribution in [0.5, 0.6) is 0 Å². The summed E-state index contributed by atoms with van der Waals surface area (Å²) in [5, 5.41) is 11.3. The molecular weight excluding hydrogens is 225 g/mol. The van der Waals surface area contributed by atoms with E-state index in [4.69, 9.17) is 5.11 Å². The van der Waals surface area contributed by atoms with Crippen LogP contribution in [0.4, 0.5) is 4.39 Å². The van der Waals surface area contributed by atoms with E-state index < -0.39 is 23.7 Å². The first kappa shape index (κ1) is 13.2. The molecule has 0 radical (unpaired) electrons. The van der Waals surface area contributed by atoms with E-state index in [9.17, 15) is 14.0 Å². The maximum Gasteiger partial charge on any atom is 0.326 e. The van der Waals surface area contributed by atoms with E-state index in [1.165, 1.54) is 18.2 Å². The Morgan fingerprint density at radius 1 is 1.35 bits per heavy atom. The molecule has 92 valence electrons. The van der Waals surface area contributed by atoms with Crippen molar-refractivity contribution in [1.82, 2.24) is 5.32 Å². The average Bonchev–Trinajstić information content (AvgIpc) is 2.24. The van der Waals surface area contributed by atoms with Crippen molar-refractivity contribution in [2.75, 3.05) is 0 Å². The van der Waals surface area contributed by atoms with Crippen LogP contribution < -0.4 is 5.32 Å². The quantitative estimate of drug-likeness (QED) is 0.839. The standard InChI is InChI=1S/C12H14FNO3/c1-7(2)10(12(16)17)14-11(15)8-4-3-5-9(13)6-8/h3-7,10H,1-2H3,(H,14,15)(H,16,17)/t10-/m1/s1. The molecule has 5 heteroatoms. The van der Waals surface area contributed by atoms with Crippen LogP contribution >= 0.6 is 0 Å². The topological polar surface area (TPSA) is 66.4 Å². The molecule has 0 aromatic heterocycles. The Kier molecular flexibility index (Phi) is 4.20. The number of halogens is 1. The van der Waals surface area contributed by atoms with Crippen molar-refractivity contribution in [1.29, 1.82) is 0 Å². The summed E-state index contributed by atoms with van der Waals surface area (Å²) in [6.45, 7) is 3.37. The number of carboxylic acids is 1. The second-order valence-corrected chi connectivity index (χ2v) is 4.04. The number of carbonyl (C=O) groups excluding carboxylic acids is 1. The molecule has 1 amide bonds. The zero-order valence-electron chi connectivity index (χ0n) is 9.61. The van der Waals surface area contributed by atoms with Crippen LogP contribution in [-0.2, 0) is 4.79 Å². The van der Waals surface area contributed by atoms with Crippen LogP contribution in [0.25, 0.3) is 0 Å². The van der Waals surface area contributed by atoms with Crippen molar-refractivity contribution in [3.05, 3.63) is 35.6 Å². The van der Waals surface area contributed by atoms with E-state index in [1.807, 2.05) is 0 Å². The molecule has 1 aromatic rings. The van der Waals surface area contributed by atoms with Crippen LogP contribution in [0.1, 0.15) is 24.2 Å². The molecule has 1 aromatic carbocycles. The first-order valence-corrected chi connectivity index (χ1v) is 5.21. The van der Waals surface area contributed by atoms with Gasteiger partial charge in [-0.05, 0) is 24.1 Å². The monoisotopic (exact) mass is 239 g/mol. The normalized spacial score (nSPS) is 12.2. The summed E-state index contributed by atoms with van der Waals surface area (Å²) in [7, 11) is 0. The predicted molar refractivity (Wildman–Crippen MR) is 60.1 cm³/mol. The van der Waals surface area contributed by atoms with E-state index in [0.29, 0.717) is 0 Å². The van der Waals surface area contributed by atoms with Gasteiger partial charge in [-0.1, -0.05) is 19.9 Å². The maximum atomic E-state index is 12.9. The molecule has 0 aliphatic heterocycles. The Hall–Kier alpha value is -1.91. The maximum absolute atomic E-state index is 12.9. The van der Waals surface area contributed by atoms with Crippen molar-refractivity contribution in [3.8, 4) is 0 Å². The summed E-state index contributed by atoms with van der Waals surface area (Å²) < 4.78 is 12.9. The van der Waals surface area contributed by atoms with Crippen LogP contribution in [0.3, 0.4) is 0 Å². The predicted octanol–water partition coefficient (Wildman–Crippen LogP) is 1.66. The van der Waals surface area contributed by atoms with E-state index in [2.05, 4.69) is 5.32 Å². The van der Waals surface area contributed by atoms with E-state index in [0.717, 1.165) is 6.07 Å². The van der Waals surface area contributed by atoms with Crippen molar-refractivity contribution >= 4 is 11.9 Å². The molecule has 0 bridgehead atoms. The number of amides is 1. The summed E-state index contributed by atoms with van der Waals surface area (Å²) >= 11 is 0. The number of hydrogen-bond acceptors (Lipinski definition) is 2. The number of nitrogens with one attached hydrogen (secondary N) is 1. The molecule has 0 saturated carbocycles. The van der Waals surface area contributed by atoms with Gasteiger partial charge in [0.15, 0.2) is 0 Å². The van der Waals surface area contributed by atoms with Crippen molar-refractivity contribution < 1.29 is 19.1 Å². The fourth-order valence-electron chi connectivity index (χ4n) is 1.37. The second kappa shape index (κ2) is 5.43. The van der Waals surface area contributed by atoms with Crippen molar-refractivity contribution in [3.63, 3.8) is 0 Å². The van der Waals surface area contributed by atoms with E-state index in [1.54, 1.807) is 13.8 Å². The lowest BCUT2D eigenvalue weighted by Crippen LogP contribution is -2.44. The van der Waals surface area contributed by atoms with Gasteiger partial charge in [-0.15, -0.1) is 0 Å². The van der Waals surface area contributed by atoms with Crippen LogP contribution in [0, 0.1) is 11.7 Å². The molecule has 1 rings (SSSR count). The molecule has 2 N–H and O–H groups in total. The molecule has 4 nitrogen and oxygen atoms in total. The summed E-state index contributed by atoms with van der Waals surface area (Å²) in [5.74, 6) is -2.48. The van der Waals surface area contributed by atoms with Gasteiger partial charge in [0.1, 0.15) is 11.9 Å². The minimum absolute atomic E-state index is 0.108. The van der Waals surface area contributed by atoms with E-state index in [-0.39, 0.29) is 11.5 Å². The molecule has 0 fully saturated rings. The highest BCUT2D eigenvalue weighted by Gasteiger charge is 2.23. The summed E-state index contributed by atoms with van der Waals surface area (Å²) in [6.07, 6.45) is 0. The van der Waals surface area contributed by atoms with Gasteiger partial charge in [-0.2, -0.15) is 0 Å². The van der Waals surface area contributed by atoms with Crippen LogP contribution in [-0.4, -0.2) is 23.0 Å². The fourth-order valence-corrected chi connectivity index (χ4v) is 1.37. The van der Waals surface area contributed by atoms with Gasteiger partial charge < -0.3 is 10.4 Å². The fraction of sp³-hybridized carbons (Fsp3) is 0.333. The highest BCUT2D eigenvalue weighted by molar-refractivity contribution is 5.96. The Labute approximate surface area is 98.5 Å². The largest absolute Gasteiger partial charge is 0.480 e. The molecule has 0 unspecified atom stereocenters. The van der Waals surface area contributed by atoms with Gasteiger partial charge in [-0.3, -0.25) is 4.79 Å². The van der Waals surface area contributed by atoms with Crippen molar-refractivity contribution in [2.24, 2.45) is 5.92 Å². The lowest BCUT2D eigenvalue weighted by atomic mass is 10.0. The van der Waals surface area contributed by atoms with Gasteiger partial charge in [0.25, 0.3) is 5.91 Å². The molecule has 0 saturated heterocycles. The lowest BCUT2D eigenvalue weighted by Gasteiger charge is -2.17. The lowest BCUT2D eigenvalue weighted by molar-refractivity contribution is -0.140. The number of carboxylic acid groups (broad SMARTS) is 1. The third-order valence-electron chi connectivity index (χ3n) is 2.31. The molecule has 0 aliphatic rings. The summed E-state index contributed by atoms with van der Waals surface area (Å²) in [4.78, 5) is 22.6. The highest BCUT2D eigenvalue weighted by atomic mass is 19.1. The molecule has 0 heterocycles. The van der Waals surface area contributed by atoms with Crippen LogP contribution in [0.2, 0.25) is 0 Å². The first-order chi connectivity index (χ1) is 7.91. The third kappa shape index (κ3) is 3.55. The zero-order chi connectivity index (χ0) is 13.0. The minimum Gasteiger partial charge on any atom is -0.480 e. The molecule has 0 aliphatic carbocycles. The van der Waals surface area contributed by atoms with Gasteiger partial charge in [0.05, 0.1) is 0 Å². The molecule has 17 heavy (non-hydrogen) atoms. The van der Waals surface area contributed by atoms with Gasteiger partial charge >= 0.3 is 5.97 Å². The zero-order valence-corrected chi connectivity index (χ0v) is 9.61. The van der Waals surface area contributed by atoms with E-state index >= 15 is 0 Å². The number of rotatable bonds is 4. The smallest absolute Gasteiger partial charge is 0.326 e. The van der Waals surface area contributed by atoms with Crippen molar-refractivity contribution in [2.45, 2.75) is 19.9 Å². The highest BCUT2D eigenvalue weighted by Crippen LogP contribution is 2.06. The Bertz CT molecular complexity index is 432. The Balaban J connectivity index is 2.81. The first-order valence-electron chi connectivity index (χ1n) is 5.21. The summed E-state index contributed by atoms with van der Waals surface area (Å²) in [5.41, 5.74) is 0.108. The Morgan fingerprint density at radius 3 is 2.47 bits per heavy atom. The average molecular weight is 239 g/mol. The second-order valence-electron chi connectivity index (χ2n) is 4.04. The number of aliphatic carboxylic acids is 1. The number of benzene rings is 1. The molecular formula is C12H14FNO3. The SMILES string of the molecule is CC(C)[C@@H](NC(=O)c1cccc(F)c1)C(=O)O. The molecule has 0 spiro atoms. The molecule has 1 atom stereocenters. The van der Waals surface area contributed by atoms with Gasteiger partial charge in [0, 0.05) is 5.56 Å². The van der Waals surface area contributed by atoms with Gasteiger partial charge in [-0.25, -0.2) is 9.18 Å². The van der Waals surface area contributed by atoms with Gasteiger partial charge in [0.2, 0.25) is 0 Å². The number of carbonyl (C=O) groups is 2. The minimum atomic E-state index is -1.11. The van der Waals surface area contributed by atoms with Crippen LogP contribution in [0.15, 0.2) is 24.3 Å². The number of hydrogen-bond donors (Lipinski definition) is 2. The summed E-state index contributed by atoms with van der Waals surface area (Å²) in [6, 6.07) is 4.13. The third-order valence-corrected chi connectivity index (χ3v) is 2.31. The Morgan fingerprint density at radius 2 is 2.00 bits per heavy atom.